The molecule has 0 saturated carbocycles. The van der Waals surface area contributed by atoms with Gasteiger partial charge in [-0.25, -0.2) is 8.42 Å². The zero-order chi connectivity index (χ0) is 23.6. The summed E-state index contributed by atoms with van der Waals surface area (Å²) in [5.41, 5.74) is -1.16. The number of rotatable bonds is 6. The predicted octanol–water partition coefficient (Wildman–Crippen LogP) is 3.33. The summed E-state index contributed by atoms with van der Waals surface area (Å²) in [6.45, 7) is -0.0774. The molecule has 2 aromatic rings. The van der Waals surface area contributed by atoms with Crippen molar-refractivity contribution in [1.29, 1.82) is 0 Å². The van der Waals surface area contributed by atoms with Crippen LogP contribution in [0.15, 0.2) is 41.3 Å². The van der Waals surface area contributed by atoms with E-state index >= 15 is 0 Å². The number of hydrogen-bond donors (Lipinski definition) is 1. The van der Waals surface area contributed by atoms with Crippen LogP contribution in [-0.2, 0) is 14.8 Å². The van der Waals surface area contributed by atoms with Crippen molar-refractivity contribution in [3.8, 4) is 0 Å². The molecule has 2 aromatic carbocycles. The number of non-ortho nitro benzene ring substituents is 1. The highest BCUT2D eigenvalue weighted by Gasteiger charge is 2.34. The summed E-state index contributed by atoms with van der Waals surface area (Å²) in [5, 5.41) is 24.1. The number of nitrogens with zero attached hydrogens (tertiary/aromatic N) is 3. The van der Waals surface area contributed by atoms with Gasteiger partial charge < -0.3 is 5.32 Å². The van der Waals surface area contributed by atoms with Gasteiger partial charge in [0.1, 0.15) is 4.90 Å². The van der Waals surface area contributed by atoms with E-state index in [4.69, 9.17) is 11.6 Å². The number of hydrogen-bond acceptors (Lipinski definition) is 7. The van der Waals surface area contributed by atoms with E-state index in [0.717, 1.165) is 34.6 Å². The van der Waals surface area contributed by atoms with E-state index in [1.807, 2.05) is 0 Å². The molecule has 0 unspecified atom stereocenters. The predicted molar refractivity (Wildman–Crippen MR) is 111 cm³/mol. The molecule has 1 aliphatic heterocycles. The number of anilines is 1. The van der Waals surface area contributed by atoms with E-state index in [0.29, 0.717) is 0 Å². The quantitative estimate of drug-likeness (QED) is 0.485. The van der Waals surface area contributed by atoms with Gasteiger partial charge in [0.2, 0.25) is 21.7 Å². The first-order valence-electron chi connectivity index (χ1n) is 9.19. The van der Waals surface area contributed by atoms with Gasteiger partial charge in [0.25, 0.3) is 5.69 Å². The van der Waals surface area contributed by atoms with E-state index in [-0.39, 0.29) is 36.6 Å². The number of carbonyl (C=O) groups excluding carboxylic acids is 1. The minimum Gasteiger partial charge on any atom is -0.326 e. The smallest absolute Gasteiger partial charge is 0.306 e. The molecule has 1 fully saturated rings. The first-order valence-corrected chi connectivity index (χ1v) is 11.0. The topological polar surface area (TPSA) is 153 Å². The van der Waals surface area contributed by atoms with Crippen LogP contribution in [0.3, 0.4) is 0 Å². The highest BCUT2D eigenvalue weighted by atomic mass is 35.5. The van der Waals surface area contributed by atoms with Crippen LogP contribution in [0.2, 0.25) is 5.02 Å². The third-order valence-electron chi connectivity index (χ3n) is 4.98. The van der Waals surface area contributed by atoms with Gasteiger partial charge >= 0.3 is 5.69 Å². The summed E-state index contributed by atoms with van der Waals surface area (Å²) in [7, 11) is -4.13. The second-order valence-electron chi connectivity index (χ2n) is 6.96. The van der Waals surface area contributed by atoms with Crippen LogP contribution in [-0.4, -0.2) is 41.6 Å². The Morgan fingerprint density at radius 1 is 1.09 bits per heavy atom. The summed E-state index contributed by atoms with van der Waals surface area (Å²) >= 11 is 5.95. The number of benzene rings is 2. The second kappa shape index (κ2) is 9.14. The van der Waals surface area contributed by atoms with Gasteiger partial charge in [-0.3, -0.25) is 25.0 Å². The van der Waals surface area contributed by atoms with Gasteiger partial charge in [0.15, 0.2) is 0 Å². The maximum absolute atomic E-state index is 13.4. The van der Waals surface area contributed by atoms with Crippen molar-refractivity contribution in [2.24, 2.45) is 5.92 Å². The molecule has 32 heavy (non-hydrogen) atoms. The zero-order valence-corrected chi connectivity index (χ0v) is 17.8. The standard InChI is InChI=1S/C18H16ClFN4O7S/c19-14-3-2-13(23(26)27)10-17(14)32(30,31)22-7-5-11(6-8-22)18(25)21-12-1-4-15(20)16(9-12)24(28)29/h1-4,9-11H,5-8H2,(H,21,25). The molecular weight excluding hydrogens is 471 g/mol. The summed E-state index contributed by atoms with van der Waals surface area (Å²) in [5.74, 6) is -2.12. The Balaban J connectivity index is 1.69. The molecule has 1 aliphatic rings. The van der Waals surface area contributed by atoms with Crippen LogP contribution >= 0.6 is 11.6 Å². The molecule has 0 radical (unpaired) electrons. The van der Waals surface area contributed by atoms with Gasteiger partial charge in [0.05, 0.1) is 14.9 Å². The van der Waals surface area contributed by atoms with Gasteiger partial charge in [0, 0.05) is 42.9 Å². The summed E-state index contributed by atoms with van der Waals surface area (Å²) in [6.07, 6.45) is 0.280. The van der Waals surface area contributed by atoms with Crippen LogP contribution in [0.4, 0.5) is 21.5 Å². The molecule has 1 amide bonds. The number of halogens is 2. The molecule has 0 spiro atoms. The number of nitro groups is 2. The zero-order valence-electron chi connectivity index (χ0n) is 16.2. The van der Waals surface area contributed by atoms with Crippen LogP contribution in [0.25, 0.3) is 0 Å². The molecule has 14 heteroatoms. The van der Waals surface area contributed by atoms with Gasteiger partial charge in [-0.15, -0.1) is 0 Å². The average Bonchev–Trinajstić information content (AvgIpc) is 2.75. The molecule has 1 saturated heterocycles. The lowest BCUT2D eigenvalue weighted by molar-refractivity contribution is -0.387. The van der Waals surface area contributed by atoms with Crippen LogP contribution in [0.5, 0.6) is 0 Å². The lowest BCUT2D eigenvalue weighted by atomic mass is 9.97. The monoisotopic (exact) mass is 486 g/mol. The highest BCUT2D eigenvalue weighted by molar-refractivity contribution is 7.89. The van der Waals surface area contributed by atoms with Crippen LogP contribution < -0.4 is 5.32 Å². The molecule has 0 aliphatic carbocycles. The minimum atomic E-state index is -4.13. The summed E-state index contributed by atoms with van der Waals surface area (Å²) in [6, 6.07) is 6.07. The van der Waals surface area contributed by atoms with E-state index in [1.165, 1.54) is 6.07 Å². The van der Waals surface area contributed by atoms with Crippen molar-refractivity contribution >= 4 is 44.6 Å². The first-order chi connectivity index (χ1) is 15.0. The summed E-state index contributed by atoms with van der Waals surface area (Å²) < 4.78 is 40.3. The molecular formula is C18H16ClFN4O7S. The Labute approximate surface area is 186 Å². The average molecular weight is 487 g/mol. The minimum absolute atomic E-state index is 0.0387. The molecule has 0 bridgehead atoms. The van der Waals surface area contributed by atoms with E-state index in [9.17, 15) is 37.8 Å². The number of carbonyl (C=O) groups is 1. The third-order valence-corrected chi connectivity index (χ3v) is 7.36. The van der Waals surface area contributed by atoms with E-state index in [2.05, 4.69) is 5.32 Å². The molecule has 170 valence electrons. The third kappa shape index (κ3) is 4.84. The fourth-order valence-corrected chi connectivity index (χ4v) is 5.24. The van der Waals surface area contributed by atoms with Crippen molar-refractivity contribution in [2.45, 2.75) is 17.7 Å². The van der Waals surface area contributed by atoms with Crippen molar-refractivity contribution in [3.63, 3.8) is 0 Å². The Bertz CT molecular complexity index is 1200. The highest BCUT2D eigenvalue weighted by Crippen LogP contribution is 2.31. The Kier molecular flexibility index (Phi) is 6.71. The number of piperidine rings is 1. The fourth-order valence-electron chi connectivity index (χ4n) is 3.28. The number of sulfonamides is 1. The molecule has 1 heterocycles. The van der Waals surface area contributed by atoms with Gasteiger partial charge in [-0.2, -0.15) is 8.70 Å². The summed E-state index contributed by atoms with van der Waals surface area (Å²) in [4.78, 5) is 32.3. The number of amides is 1. The van der Waals surface area contributed by atoms with E-state index in [1.54, 1.807) is 0 Å². The molecule has 11 nitrogen and oxygen atoms in total. The van der Waals surface area contributed by atoms with Gasteiger partial charge in [-0.05, 0) is 31.0 Å². The number of nitrogens with one attached hydrogen (secondary N) is 1. The van der Waals surface area contributed by atoms with Gasteiger partial charge in [-0.1, -0.05) is 11.6 Å². The Hall–Kier alpha value is -3.16. The van der Waals surface area contributed by atoms with Crippen molar-refractivity contribution in [1.82, 2.24) is 4.31 Å². The molecule has 3 rings (SSSR count). The molecule has 0 aromatic heterocycles. The van der Waals surface area contributed by atoms with Crippen molar-refractivity contribution in [3.05, 3.63) is 67.5 Å². The SMILES string of the molecule is O=C(Nc1ccc(F)c([N+](=O)[O-])c1)C1CCN(S(=O)(=O)c2cc([N+](=O)[O-])ccc2Cl)CC1. The lowest BCUT2D eigenvalue weighted by Crippen LogP contribution is -2.41. The van der Waals surface area contributed by atoms with Crippen molar-refractivity contribution < 1.29 is 27.4 Å². The second-order valence-corrected chi connectivity index (χ2v) is 9.28. The maximum Gasteiger partial charge on any atom is 0.306 e. The first kappa shape index (κ1) is 23.5. The molecule has 0 atom stereocenters. The number of nitro benzene ring substituents is 2. The van der Waals surface area contributed by atoms with E-state index < -0.39 is 53.8 Å². The van der Waals surface area contributed by atoms with Crippen molar-refractivity contribution in [2.75, 3.05) is 18.4 Å². The fraction of sp³-hybridized carbons (Fsp3) is 0.278. The van der Waals surface area contributed by atoms with Crippen LogP contribution in [0, 0.1) is 32.0 Å². The van der Waals surface area contributed by atoms with Crippen LogP contribution in [0.1, 0.15) is 12.8 Å². The molecule has 1 N–H and O–H groups in total. The Morgan fingerprint density at radius 3 is 2.34 bits per heavy atom. The largest absolute Gasteiger partial charge is 0.326 e. The lowest BCUT2D eigenvalue weighted by Gasteiger charge is -2.30. The Morgan fingerprint density at radius 2 is 1.75 bits per heavy atom. The normalized spacial score (nSPS) is 15.3. The maximum atomic E-state index is 13.4.